The average molecular weight is 357 g/mol. The summed E-state index contributed by atoms with van der Waals surface area (Å²) < 4.78 is 5.46. The van der Waals surface area contributed by atoms with Crippen LogP contribution in [0, 0.1) is 5.92 Å². The molecule has 104 valence electrons. The third kappa shape index (κ3) is 10.8. The predicted molar refractivity (Wildman–Crippen MR) is 85.1 cm³/mol. The highest BCUT2D eigenvalue weighted by molar-refractivity contribution is 14.0. The van der Waals surface area contributed by atoms with E-state index in [1.807, 2.05) is 4.90 Å². The first-order valence-electron chi connectivity index (χ1n) is 6.24. The summed E-state index contributed by atoms with van der Waals surface area (Å²) in [6, 6.07) is 0. The Morgan fingerprint density at radius 1 is 1.24 bits per heavy atom. The molecule has 0 saturated carbocycles. The smallest absolute Gasteiger partial charge is 0.191 e. The zero-order chi connectivity index (χ0) is 12.4. The number of hydrogen-bond donors (Lipinski definition) is 1. The van der Waals surface area contributed by atoms with Crippen molar-refractivity contribution >= 4 is 29.9 Å². The van der Waals surface area contributed by atoms with Crippen LogP contribution in [-0.2, 0) is 4.74 Å². The molecule has 0 aromatic rings. The van der Waals surface area contributed by atoms with Crippen LogP contribution in [0.4, 0.5) is 0 Å². The van der Waals surface area contributed by atoms with Crippen LogP contribution < -0.4 is 5.73 Å². The summed E-state index contributed by atoms with van der Waals surface area (Å²) in [5.74, 6) is 1.32. The van der Waals surface area contributed by atoms with E-state index in [1.165, 1.54) is 0 Å². The third-order valence-corrected chi connectivity index (χ3v) is 2.44. The first kappa shape index (κ1) is 19.3. The van der Waals surface area contributed by atoms with Crippen LogP contribution >= 0.6 is 24.0 Å². The number of hydrogen-bond acceptors (Lipinski definition) is 2. The summed E-state index contributed by atoms with van der Waals surface area (Å²) in [4.78, 5) is 6.31. The van der Waals surface area contributed by atoms with Gasteiger partial charge in [0.15, 0.2) is 5.96 Å². The molecule has 0 fully saturated rings. The van der Waals surface area contributed by atoms with Crippen molar-refractivity contribution in [1.29, 1.82) is 0 Å². The molecule has 0 saturated heterocycles. The highest BCUT2D eigenvalue weighted by Gasteiger charge is 2.00. The molecule has 0 heterocycles. The normalized spacial score (nSPS) is 11.5. The molecule has 0 radical (unpaired) electrons. The first-order valence-corrected chi connectivity index (χ1v) is 6.24. The van der Waals surface area contributed by atoms with Gasteiger partial charge in [0.25, 0.3) is 0 Å². The fraction of sp³-hybridized carbons (Fsp3) is 0.917. The lowest BCUT2D eigenvalue weighted by Crippen LogP contribution is -2.37. The van der Waals surface area contributed by atoms with Gasteiger partial charge >= 0.3 is 0 Å². The number of aliphatic imine (C=N–C) groups is 1. The molecular formula is C12H28IN3O. The van der Waals surface area contributed by atoms with Crippen LogP contribution in [0.2, 0.25) is 0 Å². The Balaban J connectivity index is 0. The molecule has 0 aromatic carbocycles. The largest absolute Gasteiger partial charge is 0.380 e. The van der Waals surface area contributed by atoms with E-state index < -0.39 is 0 Å². The Labute approximate surface area is 123 Å². The second-order valence-electron chi connectivity index (χ2n) is 4.21. The maximum absolute atomic E-state index is 5.82. The van der Waals surface area contributed by atoms with Gasteiger partial charge in [-0.25, -0.2) is 0 Å². The molecular weight excluding hydrogens is 329 g/mol. The first-order chi connectivity index (χ1) is 7.61. The van der Waals surface area contributed by atoms with Gasteiger partial charge in [0.1, 0.15) is 0 Å². The second-order valence-corrected chi connectivity index (χ2v) is 4.21. The number of guanidine groups is 1. The molecule has 0 atom stereocenters. The maximum Gasteiger partial charge on any atom is 0.191 e. The Morgan fingerprint density at radius 2 is 1.82 bits per heavy atom. The number of nitrogens with zero attached hydrogens (tertiary/aromatic N) is 2. The molecule has 0 unspecified atom stereocenters. The number of ether oxygens (including phenoxy) is 1. The van der Waals surface area contributed by atoms with Crippen molar-refractivity contribution in [2.75, 3.05) is 32.8 Å². The van der Waals surface area contributed by atoms with Crippen molar-refractivity contribution in [1.82, 2.24) is 4.90 Å². The molecule has 5 heteroatoms. The van der Waals surface area contributed by atoms with Gasteiger partial charge in [-0.1, -0.05) is 13.8 Å². The maximum atomic E-state index is 5.82. The van der Waals surface area contributed by atoms with Gasteiger partial charge < -0.3 is 15.4 Å². The Hall–Kier alpha value is -0.0400. The van der Waals surface area contributed by atoms with Crippen LogP contribution in [0.15, 0.2) is 4.99 Å². The lowest BCUT2D eigenvalue weighted by molar-refractivity contribution is 0.130. The van der Waals surface area contributed by atoms with E-state index in [0.29, 0.717) is 25.0 Å². The second kappa shape index (κ2) is 12.4. The highest BCUT2D eigenvalue weighted by atomic mass is 127. The van der Waals surface area contributed by atoms with Crippen LogP contribution in [0.3, 0.4) is 0 Å². The van der Waals surface area contributed by atoms with Crippen molar-refractivity contribution < 1.29 is 4.74 Å². The summed E-state index contributed by atoms with van der Waals surface area (Å²) in [6.07, 6.45) is 1.11. The van der Waals surface area contributed by atoms with Gasteiger partial charge in [-0.15, -0.1) is 24.0 Å². The Morgan fingerprint density at radius 3 is 2.29 bits per heavy atom. The van der Waals surface area contributed by atoms with Crippen molar-refractivity contribution in [3.05, 3.63) is 0 Å². The molecule has 0 spiro atoms. The number of nitrogens with two attached hydrogens (primary N) is 1. The van der Waals surface area contributed by atoms with Crippen LogP contribution in [0.5, 0.6) is 0 Å². The van der Waals surface area contributed by atoms with Gasteiger partial charge in [0.05, 0.1) is 13.2 Å². The summed E-state index contributed by atoms with van der Waals surface area (Å²) in [5, 5.41) is 0. The molecule has 17 heavy (non-hydrogen) atoms. The van der Waals surface area contributed by atoms with E-state index in [0.717, 1.165) is 26.1 Å². The Bertz CT molecular complexity index is 194. The predicted octanol–water partition coefficient (Wildman–Crippen LogP) is 2.32. The van der Waals surface area contributed by atoms with Crippen molar-refractivity contribution in [3.8, 4) is 0 Å². The fourth-order valence-electron chi connectivity index (χ4n) is 1.29. The number of rotatable bonds is 8. The summed E-state index contributed by atoms with van der Waals surface area (Å²) >= 11 is 0. The third-order valence-electron chi connectivity index (χ3n) is 2.44. The highest BCUT2D eigenvalue weighted by Crippen LogP contribution is 1.98. The minimum absolute atomic E-state index is 0. The van der Waals surface area contributed by atoms with Gasteiger partial charge in [0, 0.05) is 19.7 Å². The van der Waals surface area contributed by atoms with E-state index in [9.17, 15) is 0 Å². The van der Waals surface area contributed by atoms with Crippen molar-refractivity contribution in [2.24, 2.45) is 16.6 Å². The summed E-state index contributed by atoms with van der Waals surface area (Å²) in [6.45, 7) is 12.5. The molecule has 0 aliphatic rings. The molecule has 4 nitrogen and oxygen atoms in total. The van der Waals surface area contributed by atoms with Crippen molar-refractivity contribution in [3.63, 3.8) is 0 Å². The van der Waals surface area contributed by atoms with Crippen LogP contribution in [0.25, 0.3) is 0 Å². The number of halogens is 1. The van der Waals surface area contributed by atoms with Gasteiger partial charge in [0.2, 0.25) is 0 Å². The zero-order valence-electron chi connectivity index (χ0n) is 11.6. The van der Waals surface area contributed by atoms with Gasteiger partial charge in [-0.2, -0.15) is 0 Å². The lowest BCUT2D eigenvalue weighted by atomic mass is 10.1. The summed E-state index contributed by atoms with van der Waals surface area (Å²) in [7, 11) is 0. The molecule has 0 amide bonds. The monoisotopic (exact) mass is 357 g/mol. The quantitative estimate of drug-likeness (QED) is 0.314. The van der Waals surface area contributed by atoms with E-state index in [-0.39, 0.29) is 24.0 Å². The topological polar surface area (TPSA) is 50.8 Å². The lowest BCUT2D eigenvalue weighted by Gasteiger charge is -2.19. The minimum Gasteiger partial charge on any atom is -0.380 e. The van der Waals surface area contributed by atoms with E-state index >= 15 is 0 Å². The van der Waals surface area contributed by atoms with Crippen LogP contribution in [0.1, 0.15) is 34.1 Å². The minimum atomic E-state index is 0. The van der Waals surface area contributed by atoms with E-state index in [4.69, 9.17) is 10.5 Å². The van der Waals surface area contributed by atoms with E-state index in [2.05, 4.69) is 32.7 Å². The van der Waals surface area contributed by atoms with Gasteiger partial charge in [-0.3, -0.25) is 4.99 Å². The zero-order valence-corrected chi connectivity index (χ0v) is 13.9. The average Bonchev–Trinajstić information content (AvgIpc) is 2.24. The Kier molecular flexibility index (Phi) is 14.1. The molecule has 2 N–H and O–H groups in total. The van der Waals surface area contributed by atoms with Gasteiger partial charge in [-0.05, 0) is 26.2 Å². The standard InChI is InChI=1S/C12H27N3O.HI/c1-5-15(6-2)12(13)14-8-10-16-9-7-11(3)4;/h11H,5-10H2,1-4H3,(H2,13,14);1H. The molecule has 0 bridgehead atoms. The molecule has 0 aliphatic carbocycles. The fourth-order valence-corrected chi connectivity index (χ4v) is 1.29. The molecule has 0 rings (SSSR count). The SMILES string of the molecule is CCN(CC)C(N)=NCCOCCC(C)C.I. The summed E-state index contributed by atoms with van der Waals surface area (Å²) in [5.41, 5.74) is 5.82. The molecule has 0 aromatic heterocycles. The van der Waals surface area contributed by atoms with E-state index in [1.54, 1.807) is 0 Å². The van der Waals surface area contributed by atoms with Crippen molar-refractivity contribution in [2.45, 2.75) is 34.1 Å². The van der Waals surface area contributed by atoms with Crippen LogP contribution in [-0.4, -0.2) is 43.7 Å². The molecule has 0 aliphatic heterocycles.